The van der Waals surface area contributed by atoms with Gasteiger partial charge in [-0.1, -0.05) is 22.0 Å². The molecule has 0 aliphatic heterocycles. The van der Waals surface area contributed by atoms with Gasteiger partial charge >= 0.3 is 5.97 Å². The van der Waals surface area contributed by atoms with Crippen LogP contribution in [0.1, 0.15) is 6.92 Å². The van der Waals surface area contributed by atoms with Crippen molar-refractivity contribution in [1.82, 2.24) is 0 Å². The number of carbonyl (C=O) groups is 1. The van der Waals surface area contributed by atoms with Gasteiger partial charge in [0, 0.05) is 4.47 Å². The third-order valence-electron chi connectivity index (χ3n) is 1.49. The lowest BCUT2D eigenvalue weighted by molar-refractivity contribution is -0.129. The molecule has 0 saturated heterocycles. The minimum absolute atomic E-state index is 0.0185. The van der Waals surface area contributed by atoms with E-state index < -0.39 is 5.97 Å². The molecule has 1 aromatic rings. The van der Waals surface area contributed by atoms with Crippen LogP contribution in [0.2, 0.25) is 0 Å². The van der Waals surface area contributed by atoms with Crippen LogP contribution in [0, 0.1) is 0 Å². The summed E-state index contributed by atoms with van der Waals surface area (Å²) in [5.41, 5.74) is 3.40. The summed E-state index contributed by atoms with van der Waals surface area (Å²) in [6, 6.07) is 7.30. The summed E-state index contributed by atoms with van der Waals surface area (Å²) in [7, 11) is 0. The van der Waals surface area contributed by atoms with Crippen molar-refractivity contribution in [3.8, 4) is 0 Å². The van der Waals surface area contributed by atoms with Crippen LogP contribution in [0.5, 0.6) is 0 Å². The van der Waals surface area contributed by atoms with Gasteiger partial charge in [0.15, 0.2) is 0 Å². The lowest BCUT2D eigenvalue weighted by Crippen LogP contribution is -2.10. The van der Waals surface area contributed by atoms with Gasteiger partial charge in [-0.25, -0.2) is 4.79 Å². The van der Waals surface area contributed by atoms with Crippen LogP contribution in [-0.4, -0.2) is 16.8 Å². The molecule has 1 aromatic carbocycles. The second-order valence-electron chi connectivity index (χ2n) is 2.62. The molecule has 0 fully saturated rings. The zero-order valence-corrected chi connectivity index (χ0v) is 9.08. The van der Waals surface area contributed by atoms with Crippen molar-refractivity contribution in [2.24, 2.45) is 5.10 Å². The second-order valence-corrected chi connectivity index (χ2v) is 3.54. The molecule has 0 radical (unpaired) electrons. The number of hydrazone groups is 1. The Balaban J connectivity index is 2.71. The first kappa shape index (κ1) is 10.7. The fourth-order valence-electron chi connectivity index (χ4n) is 0.754. The van der Waals surface area contributed by atoms with Gasteiger partial charge in [-0.3, -0.25) is 5.43 Å². The average molecular weight is 257 g/mol. The molecule has 4 nitrogen and oxygen atoms in total. The molecule has 2 N–H and O–H groups in total. The van der Waals surface area contributed by atoms with Gasteiger partial charge < -0.3 is 5.11 Å². The summed E-state index contributed by atoms with van der Waals surface area (Å²) >= 11 is 3.29. The topological polar surface area (TPSA) is 61.7 Å². The molecule has 0 amide bonds. The third-order valence-corrected chi connectivity index (χ3v) is 1.98. The van der Waals surface area contributed by atoms with Crippen LogP contribution < -0.4 is 5.43 Å². The summed E-state index contributed by atoms with van der Waals surface area (Å²) in [6.07, 6.45) is 0. The molecule has 0 saturated carbocycles. The Morgan fingerprint density at radius 1 is 1.57 bits per heavy atom. The smallest absolute Gasteiger partial charge is 0.351 e. The summed E-state index contributed by atoms with van der Waals surface area (Å²) < 4.78 is 0.908. The summed E-state index contributed by atoms with van der Waals surface area (Å²) in [4.78, 5) is 10.4. The molecule has 0 aliphatic carbocycles. The van der Waals surface area contributed by atoms with Crippen molar-refractivity contribution in [2.45, 2.75) is 6.92 Å². The van der Waals surface area contributed by atoms with E-state index in [9.17, 15) is 4.79 Å². The van der Waals surface area contributed by atoms with Crippen molar-refractivity contribution in [3.63, 3.8) is 0 Å². The Labute approximate surface area is 89.8 Å². The predicted molar refractivity (Wildman–Crippen MR) is 58.5 cm³/mol. The third kappa shape index (κ3) is 3.18. The number of hydrogen-bond donors (Lipinski definition) is 2. The second kappa shape index (κ2) is 4.76. The first-order valence-corrected chi connectivity index (χ1v) is 4.68. The van der Waals surface area contributed by atoms with E-state index >= 15 is 0 Å². The molecular weight excluding hydrogens is 248 g/mol. The van der Waals surface area contributed by atoms with Crippen molar-refractivity contribution < 1.29 is 9.90 Å². The highest BCUT2D eigenvalue weighted by Gasteiger charge is 2.00. The SMILES string of the molecule is C/C(=N/Nc1cccc(Br)c1)C(=O)O. The number of carboxylic acid groups (broad SMARTS) is 1. The van der Waals surface area contributed by atoms with Crippen LogP contribution in [0.3, 0.4) is 0 Å². The number of halogens is 1. The maximum absolute atomic E-state index is 10.4. The van der Waals surface area contributed by atoms with Crippen molar-refractivity contribution in [3.05, 3.63) is 28.7 Å². The lowest BCUT2D eigenvalue weighted by Gasteiger charge is -2.00. The van der Waals surface area contributed by atoms with Crippen molar-refractivity contribution in [2.75, 3.05) is 5.43 Å². The predicted octanol–water partition coefficient (Wildman–Crippen LogP) is 2.32. The quantitative estimate of drug-likeness (QED) is 0.645. The van der Waals surface area contributed by atoms with Gasteiger partial charge in [0.1, 0.15) is 5.71 Å². The molecule has 0 atom stereocenters. The highest BCUT2D eigenvalue weighted by molar-refractivity contribution is 9.10. The van der Waals surface area contributed by atoms with Crippen LogP contribution in [-0.2, 0) is 4.79 Å². The summed E-state index contributed by atoms with van der Waals surface area (Å²) in [5.74, 6) is -1.03. The summed E-state index contributed by atoms with van der Waals surface area (Å²) in [6.45, 7) is 1.42. The molecule has 0 spiro atoms. The van der Waals surface area contributed by atoms with E-state index in [2.05, 4.69) is 26.5 Å². The number of nitrogens with one attached hydrogen (secondary N) is 1. The van der Waals surface area contributed by atoms with Gasteiger partial charge in [-0.2, -0.15) is 5.10 Å². The Morgan fingerprint density at radius 3 is 2.86 bits per heavy atom. The van der Waals surface area contributed by atoms with Gasteiger partial charge in [0.2, 0.25) is 0 Å². The lowest BCUT2D eigenvalue weighted by atomic mass is 10.3. The fourth-order valence-corrected chi connectivity index (χ4v) is 1.15. The maximum Gasteiger partial charge on any atom is 0.351 e. The van der Waals surface area contributed by atoms with Crippen LogP contribution in [0.15, 0.2) is 33.8 Å². The van der Waals surface area contributed by atoms with Gasteiger partial charge in [0.25, 0.3) is 0 Å². The Kier molecular flexibility index (Phi) is 3.64. The Bertz CT molecular complexity index is 377. The first-order chi connectivity index (χ1) is 6.59. The number of rotatable bonds is 3. The molecule has 0 heterocycles. The number of aliphatic carboxylic acids is 1. The Morgan fingerprint density at radius 2 is 2.29 bits per heavy atom. The van der Waals surface area contributed by atoms with E-state index in [4.69, 9.17) is 5.11 Å². The minimum Gasteiger partial charge on any atom is -0.477 e. The number of anilines is 1. The normalized spacial score (nSPS) is 11.1. The van der Waals surface area contributed by atoms with Crippen LogP contribution in [0.25, 0.3) is 0 Å². The first-order valence-electron chi connectivity index (χ1n) is 3.89. The molecule has 1 rings (SSSR count). The molecule has 5 heteroatoms. The van der Waals surface area contributed by atoms with Gasteiger partial charge in [0.05, 0.1) is 5.69 Å². The van der Waals surface area contributed by atoms with E-state index in [0.717, 1.165) is 10.2 Å². The largest absolute Gasteiger partial charge is 0.477 e. The maximum atomic E-state index is 10.4. The highest BCUT2D eigenvalue weighted by Crippen LogP contribution is 2.15. The van der Waals surface area contributed by atoms with E-state index in [0.29, 0.717) is 0 Å². The fraction of sp³-hybridized carbons (Fsp3) is 0.111. The molecule has 14 heavy (non-hydrogen) atoms. The van der Waals surface area contributed by atoms with E-state index in [1.807, 2.05) is 12.1 Å². The molecule has 0 aromatic heterocycles. The van der Waals surface area contributed by atoms with Gasteiger partial charge in [-0.15, -0.1) is 0 Å². The number of carboxylic acids is 1. The monoisotopic (exact) mass is 256 g/mol. The number of nitrogens with zero attached hydrogens (tertiary/aromatic N) is 1. The Hall–Kier alpha value is -1.36. The number of benzene rings is 1. The molecule has 0 aliphatic rings. The zero-order chi connectivity index (χ0) is 10.6. The number of hydrogen-bond acceptors (Lipinski definition) is 3. The van der Waals surface area contributed by atoms with Crippen LogP contribution >= 0.6 is 15.9 Å². The van der Waals surface area contributed by atoms with Crippen molar-refractivity contribution >= 4 is 33.3 Å². The van der Waals surface area contributed by atoms with Gasteiger partial charge in [-0.05, 0) is 25.1 Å². The van der Waals surface area contributed by atoms with Crippen LogP contribution in [0.4, 0.5) is 5.69 Å². The highest BCUT2D eigenvalue weighted by atomic mass is 79.9. The molecule has 0 unspecified atom stereocenters. The summed E-state index contributed by atoms with van der Waals surface area (Å²) in [5, 5.41) is 12.2. The zero-order valence-electron chi connectivity index (χ0n) is 7.49. The van der Waals surface area contributed by atoms with E-state index in [-0.39, 0.29) is 5.71 Å². The average Bonchev–Trinajstić information content (AvgIpc) is 2.14. The molecule has 74 valence electrons. The molecule has 0 bridgehead atoms. The van der Waals surface area contributed by atoms with Crippen molar-refractivity contribution in [1.29, 1.82) is 0 Å². The minimum atomic E-state index is -1.03. The molecular formula is C9H9BrN2O2. The van der Waals surface area contributed by atoms with E-state index in [1.165, 1.54) is 6.92 Å². The van der Waals surface area contributed by atoms with E-state index in [1.54, 1.807) is 12.1 Å². The standard InChI is InChI=1S/C9H9BrN2O2/c1-6(9(13)14)11-12-8-4-2-3-7(10)5-8/h2-5,12H,1H3,(H,13,14)/b11-6-.